The fourth-order valence-electron chi connectivity index (χ4n) is 1.76. The first-order chi connectivity index (χ1) is 9.69. The minimum absolute atomic E-state index is 0.250. The van der Waals surface area contributed by atoms with Gasteiger partial charge in [-0.2, -0.15) is 0 Å². The van der Waals surface area contributed by atoms with E-state index in [9.17, 15) is 0 Å². The maximum absolute atomic E-state index is 8.36. The molecule has 2 rings (SSSR count). The van der Waals surface area contributed by atoms with Gasteiger partial charge in [-0.05, 0) is 43.2 Å². The highest BCUT2D eigenvalue weighted by Crippen LogP contribution is 2.22. The van der Waals surface area contributed by atoms with Crippen LogP contribution in [0.3, 0.4) is 0 Å². The lowest BCUT2D eigenvalue weighted by Crippen LogP contribution is -1.86. The van der Waals surface area contributed by atoms with Crippen molar-refractivity contribution in [2.45, 2.75) is 26.7 Å². The number of rotatable bonds is 4. The summed E-state index contributed by atoms with van der Waals surface area (Å²) in [5.74, 6) is 1.78. The van der Waals surface area contributed by atoms with Crippen LogP contribution in [0.25, 0.3) is 0 Å². The Bertz CT molecular complexity index is 501. The molecule has 0 bridgehead atoms. The van der Waals surface area contributed by atoms with Crippen molar-refractivity contribution in [3.63, 3.8) is 0 Å². The van der Waals surface area contributed by atoms with Gasteiger partial charge in [-0.1, -0.05) is 43.2 Å². The quantitative estimate of drug-likeness (QED) is 0.837. The Morgan fingerprint density at radius 2 is 1.45 bits per heavy atom. The topological polar surface area (TPSA) is 46.5 Å². The third-order valence-electron chi connectivity index (χ3n) is 2.72. The van der Waals surface area contributed by atoms with Crippen molar-refractivity contribution in [1.29, 1.82) is 0 Å². The molecule has 0 amide bonds. The predicted octanol–water partition coefficient (Wildman–Crippen LogP) is 4.44. The van der Waals surface area contributed by atoms with Crippen molar-refractivity contribution >= 4 is 6.47 Å². The molecule has 0 aliphatic heterocycles. The number of hydrogen-bond acceptors (Lipinski definition) is 2. The summed E-state index contributed by atoms with van der Waals surface area (Å²) < 4.78 is 5.77. The molecule has 0 spiro atoms. The summed E-state index contributed by atoms with van der Waals surface area (Å²) in [6, 6.07) is 16.4. The maximum Gasteiger partial charge on any atom is 0.290 e. The van der Waals surface area contributed by atoms with Crippen LogP contribution in [-0.4, -0.2) is 11.6 Å². The number of benzene rings is 2. The van der Waals surface area contributed by atoms with E-state index in [1.54, 1.807) is 0 Å². The molecule has 0 aliphatic carbocycles. The molecule has 3 nitrogen and oxygen atoms in total. The summed E-state index contributed by atoms with van der Waals surface area (Å²) in [6.07, 6.45) is 2.31. The van der Waals surface area contributed by atoms with Crippen molar-refractivity contribution in [3.05, 3.63) is 59.7 Å². The predicted molar refractivity (Wildman–Crippen MR) is 80.4 cm³/mol. The van der Waals surface area contributed by atoms with Crippen LogP contribution in [0.5, 0.6) is 11.5 Å². The molecule has 0 saturated carbocycles. The Hall–Kier alpha value is -2.29. The van der Waals surface area contributed by atoms with Crippen LogP contribution in [0.2, 0.25) is 0 Å². The first-order valence-corrected chi connectivity index (χ1v) is 6.61. The van der Waals surface area contributed by atoms with Gasteiger partial charge < -0.3 is 9.84 Å². The van der Waals surface area contributed by atoms with E-state index in [4.69, 9.17) is 14.6 Å². The zero-order chi connectivity index (χ0) is 14.8. The highest BCUT2D eigenvalue weighted by molar-refractivity contribution is 5.34. The Labute approximate surface area is 119 Å². The second kappa shape index (κ2) is 8.75. The van der Waals surface area contributed by atoms with Crippen molar-refractivity contribution in [2.24, 2.45) is 0 Å². The average molecular weight is 272 g/mol. The van der Waals surface area contributed by atoms with E-state index < -0.39 is 0 Å². The van der Waals surface area contributed by atoms with Crippen LogP contribution in [-0.2, 0) is 11.2 Å². The number of ether oxygens (including phenoxy) is 1. The van der Waals surface area contributed by atoms with Gasteiger partial charge in [0.2, 0.25) is 0 Å². The van der Waals surface area contributed by atoms with Gasteiger partial charge >= 0.3 is 0 Å². The van der Waals surface area contributed by atoms with Crippen molar-refractivity contribution in [3.8, 4) is 11.5 Å². The lowest BCUT2D eigenvalue weighted by molar-refractivity contribution is -0.122. The van der Waals surface area contributed by atoms with Crippen molar-refractivity contribution in [1.82, 2.24) is 0 Å². The van der Waals surface area contributed by atoms with Gasteiger partial charge in [-0.25, -0.2) is 0 Å². The second-order valence-electron chi connectivity index (χ2n) is 4.41. The molecule has 0 aliphatic rings. The highest BCUT2D eigenvalue weighted by atomic mass is 16.5. The Balaban J connectivity index is 0.000000612. The summed E-state index contributed by atoms with van der Waals surface area (Å²) in [6.45, 7) is 4.01. The molecule has 20 heavy (non-hydrogen) atoms. The third-order valence-corrected chi connectivity index (χ3v) is 2.72. The molecule has 0 fully saturated rings. The molecule has 0 atom stereocenters. The summed E-state index contributed by atoms with van der Waals surface area (Å²) >= 11 is 0. The molecule has 0 aromatic heterocycles. The van der Waals surface area contributed by atoms with Crippen LogP contribution < -0.4 is 4.74 Å². The van der Waals surface area contributed by atoms with E-state index in [1.165, 1.54) is 17.5 Å². The molecular weight excluding hydrogens is 252 g/mol. The molecule has 106 valence electrons. The molecule has 0 heterocycles. The largest absolute Gasteiger partial charge is 0.483 e. The summed E-state index contributed by atoms with van der Waals surface area (Å²) in [5.41, 5.74) is 2.61. The fraction of sp³-hybridized carbons (Fsp3) is 0.235. The number of aryl methyl sites for hydroxylation is 2. The van der Waals surface area contributed by atoms with Crippen LogP contribution in [0.15, 0.2) is 48.5 Å². The highest BCUT2D eigenvalue weighted by Gasteiger charge is 1.97. The maximum atomic E-state index is 8.36. The van der Waals surface area contributed by atoms with Crippen molar-refractivity contribution < 1.29 is 14.6 Å². The summed E-state index contributed by atoms with van der Waals surface area (Å²) in [7, 11) is 0. The smallest absolute Gasteiger partial charge is 0.290 e. The Morgan fingerprint density at radius 3 is 1.90 bits per heavy atom. The minimum atomic E-state index is -0.250. The van der Waals surface area contributed by atoms with E-state index >= 15 is 0 Å². The van der Waals surface area contributed by atoms with Gasteiger partial charge in [0.25, 0.3) is 6.47 Å². The Kier molecular flexibility index (Phi) is 6.90. The monoisotopic (exact) mass is 272 g/mol. The van der Waals surface area contributed by atoms with E-state index in [-0.39, 0.29) is 6.47 Å². The zero-order valence-corrected chi connectivity index (χ0v) is 11.9. The first-order valence-electron chi connectivity index (χ1n) is 6.61. The van der Waals surface area contributed by atoms with E-state index in [0.29, 0.717) is 0 Å². The van der Waals surface area contributed by atoms with Gasteiger partial charge in [0.1, 0.15) is 11.5 Å². The first kappa shape index (κ1) is 15.8. The van der Waals surface area contributed by atoms with Gasteiger partial charge in [-0.15, -0.1) is 0 Å². The zero-order valence-electron chi connectivity index (χ0n) is 11.9. The second-order valence-corrected chi connectivity index (χ2v) is 4.41. The van der Waals surface area contributed by atoms with E-state index in [0.717, 1.165) is 17.9 Å². The van der Waals surface area contributed by atoms with Gasteiger partial charge in [0.15, 0.2) is 0 Å². The van der Waals surface area contributed by atoms with Crippen LogP contribution in [0, 0.1) is 6.92 Å². The molecule has 0 saturated heterocycles. The van der Waals surface area contributed by atoms with Gasteiger partial charge in [0, 0.05) is 0 Å². The molecule has 0 radical (unpaired) electrons. The average Bonchev–Trinajstić information content (AvgIpc) is 2.45. The molecule has 2 aromatic carbocycles. The Morgan fingerprint density at radius 1 is 1.00 bits per heavy atom. The standard InChI is InChI=1S/C16H18O.CH2O2/c1-3-4-14-7-11-16(12-8-14)17-15-9-5-13(2)6-10-15;2-1-3/h5-12H,3-4H2,1-2H3;1H,(H,2,3). The fourth-order valence-corrected chi connectivity index (χ4v) is 1.76. The van der Waals surface area contributed by atoms with E-state index in [2.05, 4.69) is 38.1 Å². The molecule has 3 heteroatoms. The number of carboxylic acid groups (broad SMARTS) is 1. The van der Waals surface area contributed by atoms with Gasteiger partial charge in [-0.3, -0.25) is 4.79 Å². The van der Waals surface area contributed by atoms with Gasteiger partial charge in [0.05, 0.1) is 0 Å². The summed E-state index contributed by atoms with van der Waals surface area (Å²) in [5, 5.41) is 6.89. The minimum Gasteiger partial charge on any atom is -0.483 e. The normalized spacial score (nSPS) is 9.30. The van der Waals surface area contributed by atoms with Crippen LogP contribution >= 0.6 is 0 Å². The molecule has 2 aromatic rings. The lowest BCUT2D eigenvalue weighted by Gasteiger charge is -2.06. The summed E-state index contributed by atoms with van der Waals surface area (Å²) in [4.78, 5) is 8.36. The molecule has 0 unspecified atom stereocenters. The SMILES string of the molecule is CCCc1ccc(Oc2ccc(C)cc2)cc1.O=CO. The molecule has 1 N–H and O–H groups in total. The molecular formula is C17H20O3. The van der Waals surface area contributed by atoms with Crippen LogP contribution in [0.4, 0.5) is 0 Å². The third kappa shape index (κ3) is 5.57. The van der Waals surface area contributed by atoms with Crippen LogP contribution in [0.1, 0.15) is 24.5 Å². The van der Waals surface area contributed by atoms with Crippen molar-refractivity contribution in [2.75, 3.05) is 0 Å². The number of carbonyl (C=O) groups is 1. The van der Waals surface area contributed by atoms with E-state index in [1.807, 2.05) is 24.3 Å². The number of hydrogen-bond donors (Lipinski definition) is 1. The lowest BCUT2D eigenvalue weighted by atomic mass is 10.1.